The number of rotatable bonds is 4. The molecule has 3 nitrogen and oxygen atoms in total. The van der Waals surface area contributed by atoms with E-state index in [1.807, 2.05) is 6.92 Å². The molecule has 0 saturated carbocycles. The van der Waals surface area contributed by atoms with E-state index in [2.05, 4.69) is 12.1 Å². The van der Waals surface area contributed by atoms with Gasteiger partial charge in [-0.2, -0.15) is 13.2 Å². The SMILES string of the molecule is CCCC(C)c1onc2c1CN(CC(F)(F)F)CC2. The summed E-state index contributed by atoms with van der Waals surface area (Å²) in [5.74, 6) is 0.982. The third-order valence-corrected chi connectivity index (χ3v) is 3.52. The summed E-state index contributed by atoms with van der Waals surface area (Å²) < 4.78 is 42.7. The van der Waals surface area contributed by atoms with Crippen molar-refractivity contribution in [2.24, 2.45) is 0 Å². The second-order valence-electron chi connectivity index (χ2n) is 5.24. The smallest absolute Gasteiger partial charge is 0.361 e. The maximum Gasteiger partial charge on any atom is 0.401 e. The molecule has 1 atom stereocenters. The van der Waals surface area contributed by atoms with E-state index < -0.39 is 12.7 Å². The Kier molecular flexibility index (Phi) is 4.18. The van der Waals surface area contributed by atoms with Crippen LogP contribution < -0.4 is 0 Å². The number of aromatic nitrogens is 1. The van der Waals surface area contributed by atoms with Crippen molar-refractivity contribution >= 4 is 0 Å². The van der Waals surface area contributed by atoms with Gasteiger partial charge in [0.15, 0.2) is 0 Å². The topological polar surface area (TPSA) is 29.3 Å². The highest BCUT2D eigenvalue weighted by atomic mass is 19.4. The molecule has 1 aromatic heterocycles. The minimum atomic E-state index is -4.15. The molecule has 0 bridgehead atoms. The van der Waals surface area contributed by atoms with Gasteiger partial charge in [0.05, 0.1) is 12.2 Å². The van der Waals surface area contributed by atoms with Crippen LogP contribution in [0.25, 0.3) is 0 Å². The quantitative estimate of drug-likeness (QED) is 0.843. The van der Waals surface area contributed by atoms with Gasteiger partial charge < -0.3 is 4.52 Å². The molecule has 0 radical (unpaired) electrons. The van der Waals surface area contributed by atoms with Gasteiger partial charge in [-0.1, -0.05) is 25.4 Å². The Balaban J connectivity index is 2.12. The van der Waals surface area contributed by atoms with Crippen LogP contribution in [0.4, 0.5) is 13.2 Å². The van der Waals surface area contributed by atoms with Gasteiger partial charge in [0.25, 0.3) is 0 Å². The summed E-state index contributed by atoms with van der Waals surface area (Å²) in [6, 6.07) is 0. The minimum absolute atomic E-state index is 0.215. The highest BCUT2D eigenvalue weighted by Gasteiger charge is 2.34. The van der Waals surface area contributed by atoms with Crippen molar-refractivity contribution in [1.29, 1.82) is 0 Å². The van der Waals surface area contributed by atoms with Crippen molar-refractivity contribution in [3.8, 4) is 0 Å². The fourth-order valence-corrected chi connectivity index (χ4v) is 2.63. The molecular formula is C13H19F3N2O. The van der Waals surface area contributed by atoms with Crippen molar-refractivity contribution in [3.63, 3.8) is 0 Å². The summed E-state index contributed by atoms with van der Waals surface area (Å²) in [7, 11) is 0. The molecule has 19 heavy (non-hydrogen) atoms. The van der Waals surface area contributed by atoms with Crippen LogP contribution in [-0.4, -0.2) is 29.3 Å². The lowest BCUT2D eigenvalue weighted by molar-refractivity contribution is -0.147. The van der Waals surface area contributed by atoms with E-state index >= 15 is 0 Å². The van der Waals surface area contributed by atoms with Crippen LogP contribution in [-0.2, 0) is 13.0 Å². The van der Waals surface area contributed by atoms with Crippen LogP contribution >= 0.6 is 0 Å². The van der Waals surface area contributed by atoms with E-state index in [0.29, 0.717) is 19.5 Å². The van der Waals surface area contributed by atoms with E-state index in [0.717, 1.165) is 29.9 Å². The number of alkyl halides is 3. The van der Waals surface area contributed by atoms with Crippen molar-refractivity contribution in [2.45, 2.75) is 51.7 Å². The van der Waals surface area contributed by atoms with Gasteiger partial charge in [-0.05, 0) is 6.42 Å². The van der Waals surface area contributed by atoms with Gasteiger partial charge in [-0.25, -0.2) is 0 Å². The summed E-state index contributed by atoms with van der Waals surface area (Å²) in [4.78, 5) is 1.42. The summed E-state index contributed by atoms with van der Waals surface area (Å²) in [5.41, 5.74) is 1.70. The van der Waals surface area contributed by atoms with Crippen LogP contribution in [0.3, 0.4) is 0 Å². The van der Waals surface area contributed by atoms with E-state index in [9.17, 15) is 13.2 Å². The Morgan fingerprint density at radius 3 is 2.79 bits per heavy atom. The average Bonchev–Trinajstić information content (AvgIpc) is 2.70. The zero-order valence-electron chi connectivity index (χ0n) is 11.3. The standard InChI is InChI=1S/C13H19F3N2O/c1-3-4-9(2)12-10-7-18(8-13(14,15)16)6-5-11(10)17-19-12/h9H,3-8H2,1-2H3. The van der Waals surface area contributed by atoms with Crippen LogP contribution in [0.1, 0.15) is 49.6 Å². The van der Waals surface area contributed by atoms with Crippen LogP contribution in [0.5, 0.6) is 0 Å². The monoisotopic (exact) mass is 276 g/mol. The number of fused-ring (bicyclic) bond motifs is 1. The summed E-state index contributed by atoms with van der Waals surface area (Å²) in [6.07, 6.45) is -1.64. The molecule has 0 spiro atoms. The van der Waals surface area contributed by atoms with Gasteiger partial charge in [0, 0.05) is 31.0 Å². The fourth-order valence-electron chi connectivity index (χ4n) is 2.63. The van der Waals surface area contributed by atoms with Gasteiger partial charge in [0.1, 0.15) is 5.76 Å². The largest absolute Gasteiger partial charge is 0.401 e. The Labute approximate surface area is 110 Å². The second kappa shape index (κ2) is 5.53. The second-order valence-corrected chi connectivity index (χ2v) is 5.24. The predicted molar refractivity (Wildman–Crippen MR) is 64.9 cm³/mol. The Bertz CT molecular complexity index is 428. The van der Waals surface area contributed by atoms with Gasteiger partial charge in [-0.15, -0.1) is 0 Å². The Morgan fingerprint density at radius 1 is 1.42 bits per heavy atom. The van der Waals surface area contributed by atoms with Crippen molar-refractivity contribution in [3.05, 3.63) is 17.0 Å². The zero-order valence-corrected chi connectivity index (χ0v) is 11.3. The highest BCUT2D eigenvalue weighted by Crippen LogP contribution is 2.31. The molecule has 2 rings (SSSR count). The fraction of sp³-hybridized carbons (Fsp3) is 0.769. The lowest BCUT2D eigenvalue weighted by atomic mass is 9.96. The average molecular weight is 276 g/mol. The minimum Gasteiger partial charge on any atom is -0.361 e. The Morgan fingerprint density at radius 2 is 2.16 bits per heavy atom. The summed E-state index contributed by atoms with van der Waals surface area (Å²) in [5, 5.41) is 4.01. The first kappa shape index (κ1) is 14.4. The van der Waals surface area contributed by atoms with Crippen LogP contribution in [0.2, 0.25) is 0 Å². The van der Waals surface area contributed by atoms with E-state index in [1.165, 1.54) is 4.90 Å². The molecule has 0 saturated heterocycles. The molecule has 0 aromatic carbocycles. The van der Waals surface area contributed by atoms with Crippen LogP contribution in [0.15, 0.2) is 4.52 Å². The summed E-state index contributed by atoms with van der Waals surface area (Å²) >= 11 is 0. The molecule has 108 valence electrons. The first-order chi connectivity index (χ1) is 8.90. The maximum absolute atomic E-state index is 12.4. The third-order valence-electron chi connectivity index (χ3n) is 3.52. The maximum atomic E-state index is 12.4. The third kappa shape index (κ3) is 3.49. The van der Waals surface area contributed by atoms with E-state index in [4.69, 9.17) is 4.52 Å². The normalized spacial score (nSPS) is 18.4. The molecule has 0 amide bonds. The molecule has 0 N–H and O–H groups in total. The van der Waals surface area contributed by atoms with Gasteiger partial charge in [-0.3, -0.25) is 4.90 Å². The first-order valence-corrected chi connectivity index (χ1v) is 6.67. The zero-order chi connectivity index (χ0) is 14.0. The van der Waals surface area contributed by atoms with E-state index in [1.54, 1.807) is 0 Å². The molecule has 6 heteroatoms. The molecule has 2 heterocycles. The van der Waals surface area contributed by atoms with Crippen molar-refractivity contribution in [2.75, 3.05) is 13.1 Å². The van der Waals surface area contributed by atoms with E-state index in [-0.39, 0.29) is 5.92 Å². The predicted octanol–water partition coefficient (Wildman–Crippen LogP) is 3.50. The van der Waals surface area contributed by atoms with Crippen molar-refractivity contribution in [1.82, 2.24) is 10.1 Å². The highest BCUT2D eigenvalue weighted by molar-refractivity contribution is 5.27. The lowest BCUT2D eigenvalue weighted by Gasteiger charge is -2.27. The number of hydrogen-bond donors (Lipinski definition) is 0. The molecular weight excluding hydrogens is 257 g/mol. The molecule has 0 aliphatic carbocycles. The van der Waals surface area contributed by atoms with Crippen molar-refractivity contribution < 1.29 is 17.7 Å². The number of nitrogens with zero attached hydrogens (tertiary/aromatic N) is 2. The molecule has 0 fully saturated rings. The lowest BCUT2D eigenvalue weighted by Crippen LogP contribution is -2.38. The van der Waals surface area contributed by atoms with Gasteiger partial charge in [0.2, 0.25) is 0 Å². The number of halogens is 3. The first-order valence-electron chi connectivity index (χ1n) is 6.67. The number of hydrogen-bond acceptors (Lipinski definition) is 3. The summed E-state index contributed by atoms with van der Waals surface area (Å²) in [6.45, 7) is 3.93. The molecule has 1 aromatic rings. The molecule has 1 aliphatic rings. The van der Waals surface area contributed by atoms with Crippen LogP contribution in [0, 0.1) is 0 Å². The molecule has 1 unspecified atom stereocenters. The molecule has 1 aliphatic heterocycles. The van der Waals surface area contributed by atoms with Gasteiger partial charge >= 0.3 is 6.18 Å². The Hall–Kier alpha value is -1.04.